The van der Waals surface area contributed by atoms with Crippen molar-refractivity contribution in [1.29, 1.82) is 0 Å². The van der Waals surface area contributed by atoms with Crippen LogP contribution in [0.5, 0.6) is 0 Å². The normalized spacial score (nSPS) is 11.9. The van der Waals surface area contributed by atoms with Crippen molar-refractivity contribution in [2.24, 2.45) is 5.73 Å². The topological polar surface area (TPSA) is 90.0 Å². The van der Waals surface area contributed by atoms with Gasteiger partial charge in [0.2, 0.25) is 11.8 Å². The lowest BCUT2D eigenvalue weighted by atomic mass is 10.1. The largest absolute Gasteiger partial charge is 0.366 e. The molecule has 0 aliphatic carbocycles. The van der Waals surface area contributed by atoms with Gasteiger partial charge in [-0.05, 0) is 55.3 Å². The second-order valence-electron chi connectivity index (χ2n) is 7.46. The molecule has 162 valence electrons. The van der Waals surface area contributed by atoms with Crippen LogP contribution in [-0.2, 0) is 17.8 Å². The highest BCUT2D eigenvalue weighted by atomic mass is 32.2. The predicted octanol–water partition coefficient (Wildman–Crippen LogP) is 4.50. The number of anilines is 1. The van der Waals surface area contributed by atoms with Gasteiger partial charge in [-0.2, -0.15) is 0 Å². The Bertz CT molecular complexity index is 1240. The van der Waals surface area contributed by atoms with Crippen LogP contribution in [0.25, 0.3) is 11.0 Å². The van der Waals surface area contributed by atoms with Crippen molar-refractivity contribution in [3.63, 3.8) is 0 Å². The monoisotopic (exact) mass is 444 g/mol. The molecule has 7 heteroatoms. The Morgan fingerprint density at radius 2 is 1.69 bits per heavy atom. The lowest BCUT2D eigenvalue weighted by Gasteiger charge is -2.14. The molecule has 32 heavy (non-hydrogen) atoms. The summed E-state index contributed by atoms with van der Waals surface area (Å²) in [6.07, 6.45) is 0.877. The van der Waals surface area contributed by atoms with Gasteiger partial charge in [-0.1, -0.05) is 54.2 Å². The van der Waals surface area contributed by atoms with Crippen LogP contribution in [0.4, 0.5) is 5.69 Å². The molecule has 1 heterocycles. The van der Waals surface area contributed by atoms with Crippen molar-refractivity contribution in [1.82, 2.24) is 9.55 Å². The van der Waals surface area contributed by atoms with Crippen molar-refractivity contribution < 1.29 is 9.59 Å². The third-order valence-corrected chi connectivity index (χ3v) is 6.26. The van der Waals surface area contributed by atoms with E-state index in [-0.39, 0.29) is 11.2 Å². The molecule has 0 bridgehead atoms. The lowest BCUT2D eigenvalue weighted by Crippen LogP contribution is -2.23. The molecule has 2 amide bonds. The number of imidazole rings is 1. The zero-order valence-corrected chi connectivity index (χ0v) is 18.5. The summed E-state index contributed by atoms with van der Waals surface area (Å²) in [5.41, 5.74) is 9.51. The standard InChI is InChI=1S/C25H24N4O2S/c1-17(24(31)27-20-13-11-19(12-14-20)23(26)30)32-25-28-21-9-5-6-10-22(21)29(25)16-15-18-7-3-2-4-8-18/h2-14,17H,15-16H2,1H3,(H2,26,30)(H,27,31)/t17-/m1/s1. The first kappa shape index (κ1) is 21.6. The van der Waals surface area contributed by atoms with E-state index in [1.165, 1.54) is 17.3 Å². The van der Waals surface area contributed by atoms with E-state index in [0.29, 0.717) is 11.3 Å². The predicted molar refractivity (Wildman–Crippen MR) is 129 cm³/mol. The molecule has 0 radical (unpaired) electrons. The molecule has 4 rings (SSSR count). The number of hydrogen-bond acceptors (Lipinski definition) is 4. The van der Waals surface area contributed by atoms with Crippen LogP contribution >= 0.6 is 11.8 Å². The minimum atomic E-state index is -0.499. The Morgan fingerprint density at radius 3 is 2.41 bits per heavy atom. The SMILES string of the molecule is C[C@@H](Sc1nc2ccccc2n1CCc1ccccc1)C(=O)Nc1ccc(C(N)=O)cc1. The maximum atomic E-state index is 12.8. The van der Waals surface area contributed by atoms with E-state index in [4.69, 9.17) is 10.7 Å². The maximum absolute atomic E-state index is 12.8. The number of nitrogens with two attached hydrogens (primary N) is 1. The molecule has 6 nitrogen and oxygen atoms in total. The maximum Gasteiger partial charge on any atom is 0.248 e. The van der Waals surface area contributed by atoms with Crippen molar-refractivity contribution in [2.75, 3.05) is 5.32 Å². The van der Waals surface area contributed by atoms with Crippen molar-refractivity contribution in [2.45, 2.75) is 30.3 Å². The summed E-state index contributed by atoms with van der Waals surface area (Å²) in [7, 11) is 0. The van der Waals surface area contributed by atoms with Crippen LogP contribution in [0, 0.1) is 0 Å². The molecule has 0 saturated heterocycles. The minimum absolute atomic E-state index is 0.136. The fourth-order valence-electron chi connectivity index (χ4n) is 3.42. The van der Waals surface area contributed by atoms with E-state index in [2.05, 4.69) is 28.1 Å². The Labute approximate surface area is 190 Å². The van der Waals surface area contributed by atoms with Crippen molar-refractivity contribution in [3.8, 4) is 0 Å². The minimum Gasteiger partial charge on any atom is -0.366 e. The summed E-state index contributed by atoms with van der Waals surface area (Å²) in [5, 5.41) is 3.34. The van der Waals surface area contributed by atoms with Gasteiger partial charge in [-0.15, -0.1) is 0 Å². The summed E-state index contributed by atoms with van der Waals surface area (Å²) in [6.45, 7) is 2.63. The molecule has 0 aliphatic rings. The number of carbonyl (C=O) groups is 2. The molecule has 3 N–H and O–H groups in total. The molecule has 0 unspecified atom stereocenters. The van der Waals surface area contributed by atoms with Gasteiger partial charge < -0.3 is 15.6 Å². The Hall–Kier alpha value is -3.58. The zero-order chi connectivity index (χ0) is 22.5. The number of aromatic nitrogens is 2. The number of benzene rings is 3. The van der Waals surface area contributed by atoms with Gasteiger partial charge in [0.05, 0.1) is 16.3 Å². The summed E-state index contributed by atoms with van der Waals surface area (Å²) >= 11 is 1.43. The molecule has 3 aromatic carbocycles. The number of amides is 2. The Kier molecular flexibility index (Phi) is 6.56. The van der Waals surface area contributed by atoms with Crippen molar-refractivity contribution >= 4 is 40.3 Å². The van der Waals surface area contributed by atoms with Crippen LogP contribution in [0.1, 0.15) is 22.8 Å². The Morgan fingerprint density at radius 1 is 1.00 bits per heavy atom. The number of nitrogens with one attached hydrogen (secondary N) is 1. The first-order valence-electron chi connectivity index (χ1n) is 10.4. The zero-order valence-electron chi connectivity index (χ0n) is 17.7. The summed E-state index contributed by atoms with van der Waals surface area (Å²) in [4.78, 5) is 28.8. The van der Waals surface area contributed by atoms with Crippen LogP contribution in [0.15, 0.2) is 84.0 Å². The van der Waals surface area contributed by atoms with Crippen LogP contribution in [0.3, 0.4) is 0 Å². The fraction of sp³-hybridized carbons (Fsp3) is 0.160. The third-order valence-electron chi connectivity index (χ3n) is 5.17. The van der Waals surface area contributed by atoms with Crippen molar-refractivity contribution in [3.05, 3.63) is 90.0 Å². The highest BCUT2D eigenvalue weighted by Gasteiger charge is 2.20. The molecule has 1 aromatic heterocycles. The molecular formula is C25H24N4O2S. The average Bonchev–Trinajstić information content (AvgIpc) is 3.15. The first-order chi connectivity index (χ1) is 15.5. The van der Waals surface area contributed by atoms with Gasteiger partial charge in [0.25, 0.3) is 0 Å². The Balaban J connectivity index is 1.49. The molecule has 4 aromatic rings. The smallest absolute Gasteiger partial charge is 0.248 e. The lowest BCUT2D eigenvalue weighted by molar-refractivity contribution is -0.115. The van der Waals surface area contributed by atoms with Gasteiger partial charge in [-0.3, -0.25) is 9.59 Å². The van der Waals surface area contributed by atoms with Gasteiger partial charge in [-0.25, -0.2) is 4.98 Å². The van der Waals surface area contributed by atoms with Crippen LogP contribution in [-0.4, -0.2) is 26.6 Å². The number of fused-ring (bicyclic) bond motifs is 1. The molecule has 1 atom stereocenters. The third kappa shape index (κ3) is 5.00. The van der Waals surface area contributed by atoms with E-state index < -0.39 is 5.91 Å². The molecule has 0 spiro atoms. The van der Waals surface area contributed by atoms with E-state index >= 15 is 0 Å². The highest BCUT2D eigenvalue weighted by molar-refractivity contribution is 8.00. The quantitative estimate of drug-likeness (QED) is 0.392. The van der Waals surface area contributed by atoms with Gasteiger partial charge in [0, 0.05) is 17.8 Å². The van der Waals surface area contributed by atoms with E-state index in [0.717, 1.165) is 29.2 Å². The van der Waals surface area contributed by atoms with Crippen LogP contribution in [0.2, 0.25) is 0 Å². The van der Waals surface area contributed by atoms with Gasteiger partial charge in [0.15, 0.2) is 5.16 Å². The van der Waals surface area contributed by atoms with Gasteiger partial charge in [0.1, 0.15) is 0 Å². The number of hydrogen-bond donors (Lipinski definition) is 2. The fourth-order valence-corrected chi connectivity index (χ4v) is 4.37. The molecule has 0 aliphatic heterocycles. The van der Waals surface area contributed by atoms with E-state index in [1.54, 1.807) is 24.3 Å². The van der Waals surface area contributed by atoms with Gasteiger partial charge >= 0.3 is 0 Å². The number of aryl methyl sites for hydroxylation is 2. The van der Waals surface area contributed by atoms with Crippen LogP contribution < -0.4 is 11.1 Å². The summed E-state index contributed by atoms with van der Waals surface area (Å²) in [5.74, 6) is -0.635. The second kappa shape index (κ2) is 9.70. The number of para-hydroxylation sites is 2. The number of primary amides is 1. The van der Waals surface area contributed by atoms with E-state index in [9.17, 15) is 9.59 Å². The first-order valence-corrected chi connectivity index (χ1v) is 11.3. The molecule has 0 saturated carbocycles. The summed E-state index contributed by atoms with van der Waals surface area (Å²) < 4.78 is 2.18. The number of thioether (sulfide) groups is 1. The summed E-state index contributed by atoms with van der Waals surface area (Å²) in [6, 6.07) is 24.9. The number of carbonyl (C=O) groups excluding carboxylic acids is 2. The van der Waals surface area contributed by atoms with E-state index in [1.807, 2.05) is 43.3 Å². The number of rotatable bonds is 8. The second-order valence-corrected chi connectivity index (χ2v) is 8.77. The average molecular weight is 445 g/mol. The molecular weight excluding hydrogens is 420 g/mol. The molecule has 0 fully saturated rings. The number of nitrogens with zero attached hydrogens (tertiary/aromatic N) is 2. The highest BCUT2D eigenvalue weighted by Crippen LogP contribution is 2.28.